The number of nitrogens with zero attached hydrogens (tertiary/aromatic N) is 3. The Bertz CT molecular complexity index is 909. The Kier molecular flexibility index (Phi) is 6.17. The third kappa shape index (κ3) is 5.34. The molecule has 1 saturated carbocycles. The van der Waals surface area contributed by atoms with Crippen molar-refractivity contribution in [2.45, 2.75) is 56.9 Å². The van der Waals surface area contributed by atoms with Crippen molar-refractivity contribution >= 4 is 10.0 Å². The lowest BCUT2D eigenvalue weighted by Crippen LogP contribution is -2.37. The van der Waals surface area contributed by atoms with Gasteiger partial charge in [0.05, 0.1) is 18.4 Å². The Balaban J connectivity index is 1.31. The first-order valence-electron chi connectivity index (χ1n) is 10.3. The molecule has 1 aromatic heterocycles. The molecule has 2 fully saturated rings. The number of rotatable bonds is 10. The van der Waals surface area contributed by atoms with Gasteiger partial charge in [-0.25, -0.2) is 13.1 Å². The van der Waals surface area contributed by atoms with E-state index >= 15 is 0 Å². The Morgan fingerprint density at radius 2 is 2.00 bits per heavy atom. The molecule has 29 heavy (non-hydrogen) atoms. The fourth-order valence-electron chi connectivity index (χ4n) is 3.38. The highest BCUT2D eigenvalue weighted by atomic mass is 32.2. The zero-order valence-electron chi connectivity index (χ0n) is 16.7. The maximum Gasteiger partial charge on any atom is 0.247 e. The van der Waals surface area contributed by atoms with Crippen LogP contribution in [0.3, 0.4) is 0 Å². The first kappa shape index (κ1) is 20.3. The molecule has 2 heterocycles. The summed E-state index contributed by atoms with van der Waals surface area (Å²) in [7, 11) is -3.24. The molecule has 1 aromatic carbocycles. The monoisotopic (exact) mass is 420 g/mol. The summed E-state index contributed by atoms with van der Waals surface area (Å²) >= 11 is 0. The van der Waals surface area contributed by atoms with Crippen LogP contribution in [0.5, 0.6) is 5.75 Å². The van der Waals surface area contributed by atoms with Crippen molar-refractivity contribution in [1.29, 1.82) is 0 Å². The number of sulfonamides is 1. The third-order valence-electron chi connectivity index (χ3n) is 5.27. The Labute approximate surface area is 171 Å². The Morgan fingerprint density at radius 1 is 1.21 bits per heavy atom. The predicted octanol–water partition coefficient (Wildman–Crippen LogP) is 2.57. The summed E-state index contributed by atoms with van der Waals surface area (Å²) in [5.74, 6) is 1.78. The van der Waals surface area contributed by atoms with Gasteiger partial charge in [0.2, 0.25) is 21.8 Å². The van der Waals surface area contributed by atoms with E-state index in [2.05, 4.69) is 26.7 Å². The molecule has 0 unspecified atom stereocenters. The number of hydrogen-bond donors (Lipinski definition) is 1. The summed E-state index contributed by atoms with van der Waals surface area (Å²) in [4.78, 5) is 2.05. The Hall–Kier alpha value is -1.97. The van der Waals surface area contributed by atoms with Gasteiger partial charge in [-0.3, -0.25) is 4.90 Å². The standard InChI is InChI=1S/C20H28N4O4S/c1-2-3-12-27-17-8-4-15(5-9-17)20-22-21-19(28-20)14-24-11-10-18(13-24)29(25,26)23-16-6-7-16/h4-5,8-9,16,18,23H,2-3,6-7,10-14H2,1H3/t18-/m0/s1. The van der Waals surface area contributed by atoms with Crippen molar-refractivity contribution in [3.63, 3.8) is 0 Å². The predicted molar refractivity (Wildman–Crippen MR) is 109 cm³/mol. The third-order valence-corrected chi connectivity index (χ3v) is 7.19. The van der Waals surface area contributed by atoms with Crippen molar-refractivity contribution in [2.75, 3.05) is 19.7 Å². The number of aromatic nitrogens is 2. The van der Waals surface area contributed by atoms with Crippen LogP contribution in [0.25, 0.3) is 11.5 Å². The second kappa shape index (κ2) is 8.81. The van der Waals surface area contributed by atoms with Crippen molar-refractivity contribution in [3.8, 4) is 17.2 Å². The maximum absolute atomic E-state index is 12.4. The van der Waals surface area contributed by atoms with Crippen LogP contribution in [0.15, 0.2) is 28.7 Å². The highest BCUT2D eigenvalue weighted by Crippen LogP contribution is 2.25. The molecule has 8 nitrogen and oxygen atoms in total. The quantitative estimate of drug-likeness (QED) is 0.590. The Morgan fingerprint density at radius 3 is 2.72 bits per heavy atom. The van der Waals surface area contributed by atoms with E-state index in [0.29, 0.717) is 44.4 Å². The van der Waals surface area contributed by atoms with Crippen LogP contribution in [-0.2, 0) is 16.6 Å². The van der Waals surface area contributed by atoms with Crippen molar-refractivity contribution < 1.29 is 17.6 Å². The van der Waals surface area contributed by atoms with E-state index in [1.807, 2.05) is 24.3 Å². The largest absolute Gasteiger partial charge is 0.494 e. The van der Waals surface area contributed by atoms with E-state index in [1.165, 1.54) is 0 Å². The lowest BCUT2D eigenvalue weighted by molar-refractivity contribution is 0.292. The molecular formula is C20H28N4O4S. The van der Waals surface area contributed by atoms with E-state index in [0.717, 1.165) is 37.0 Å². The van der Waals surface area contributed by atoms with Gasteiger partial charge in [-0.2, -0.15) is 0 Å². The van der Waals surface area contributed by atoms with E-state index in [1.54, 1.807) is 0 Å². The van der Waals surface area contributed by atoms with Gasteiger partial charge in [-0.15, -0.1) is 10.2 Å². The molecule has 0 amide bonds. The topological polar surface area (TPSA) is 97.6 Å². The van der Waals surface area contributed by atoms with Gasteiger partial charge in [0.1, 0.15) is 5.75 Å². The maximum atomic E-state index is 12.4. The van der Waals surface area contributed by atoms with Crippen LogP contribution in [0.4, 0.5) is 0 Å². The molecule has 9 heteroatoms. The summed E-state index contributed by atoms with van der Waals surface area (Å²) in [6.45, 7) is 4.50. The molecule has 4 rings (SSSR count). The van der Waals surface area contributed by atoms with E-state index < -0.39 is 10.0 Å². The second-order valence-electron chi connectivity index (χ2n) is 7.81. The molecule has 1 saturated heterocycles. The SMILES string of the molecule is CCCCOc1ccc(-c2nnc(CN3CC[C@H](S(=O)(=O)NC4CC4)C3)o2)cc1. The van der Waals surface area contributed by atoms with E-state index in [-0.39, 0.29) is 11.3 Å². The van der Waals surface area contributed by atoms with Crippen LogP contribution in [0.2, 0.25) is 0 Å². The molecule has 1 N–H and O–H groups in total. The first-order valence-corrected chi connectivity index (χ1v) is 11.9. The van der Waals surface area contributed by atoms with Gasteiger partial charge in [0.25, 0.3) is 0 Å². The molecule has 1 aliphatic heterocycles. The molecule has 1 atom stereocenters. The smallest absolute Gasteiger partial charge is 0.247 e. The normalized spacial score (nSPS) is 20.2. The molecule has 0 spiro atoms. The molecule has 2 aromatic rings. The number of nitrogens with one attached hydrogen (secondary N) is 1. The van der Waals surface area contributed by atoms with Gasteiger partial charge >= 0.3 is 0 Å². The van der Waals surface area contributed by atoms with Gasteiger partial charge in [0, 0.05) is 24.7 Å². The summed E-state index contributed by atoms with van der Waals surface area (Å²) < 4.78 is 39.0. The van der Waals surface area contributed by atoms with Gasteiger partial charge < -0.3 is 9.15 Å². The lowest BCUT2D eigenvalue weighted by Gasteiger charge is -2.14. The highest BCUT2D eigenvalue weighted by Gasteiger charge is 2.37. The average Bonchev–Trinajstić information content (AvgIpc) is 3.18. The second-order valence-corrected chi connectivity index (χ2v) is 9.80. The number of hydrogen-bond acceptors (Lipinski definition) is 7. The number of ether oxygens (including phenoxy) is 1. The molecule has 1 aliphatic carbocycles. The van der Waals surface area contributed by atoms with Crippen LogP contribution < -0.4 is 9.46 Å². The highest BCUT2D eigenvalue weighted by molar-refractivity contribution is 7.90. The molecule has 158 valence electrons. The summed E-state index contributed by atoms with van der Waals surface area (Å²) in [6.07, 6.45) is 4.66. The minimum absolute atomic E-state index is 0.149. The van der Waals surface area contributed by atoms with Crippen molar-refractivity contribution in [1.82, 2.24) is 19.8 Å². The zero-order chi connectivity index (χ0) is 20.3. The van der Waals surface area contributed by atoms with Crippen LogP contribution in [0, 0.1) is 0 Å². The molecule has 2 aliphatic rings. The van der Waals surface area contributed by atoms with E-state index in [9.17, 15) is 8.42 Å². The molecule has 0 bridgehead atoms. The minimum atomic E-state index is -3.24. The zero-order valence-corrected chi connectivity index (χ0v) is 17.5. The van der Waals surface area contributed by atoms with Crippen molar-refractivity contribution in [2.24, 2.45) is 0 Å². The lowest BCUT2D eigenvalue weighted by atomic mass is 10.2. The molecule has 0 radical (unpaired) electrons. The molecular weight excluding hydrogens is 392 g/mol. The van der Waals surface area contributed by atoms with Gasteiger partial charge in [0.15, 0.2) is 0 Å². The number of benzene rings is 1. The minimum Gasteiger partial charge on any atom is -0.494 e. The number of likely N-dealkylation sites (tertiary alicyclic amines) is 1. The average molecular weight is 421 g/mol. The fourth-order valence-corrected chi connectivity index (χ4v) is 5.09. The summed E-state index contributed by atoms with van der Waals surface area (Å²) in [5, 5.41) is 7.89. The van der Waals surface area contributed by atoms with Gasteiger partial charge in [-0.05, 0) is 49.9 Å². The van der Waals surface area contributed by atoms with E-state index in [4.69, 9.17) is 9.15 Å². The summed E-state index contributed by atoms with van der Waals surface area (Å²) in [6, 6.07) is 7.76. The van der Waals surface area contributed by atoms with Crippen LogP contribution in [-0.4, -0.2) is 54.5 Å². The summed E-state index contributed by atoms with van der Waals surface area (Å²) in [5.41, 5.74) is 0.835. The van der Waals surface area contributed by atoms with Crippen molar-refractivity contribution in [3.05, 3.63) is 30.2 Å². The van der Waals surface area contributed by atoms with Crippen LogP contribution >= 0.6 is 0 Å². The number of unbranched alkanes of at least 4 members (excludes halogenated alkanes) is 1. The first-order chi connectivity index (χ1) is 14.0. The van der Waals surface area contributed by atoms with Gasteiger partial charge in [-0.1, -0.05) is 13.3 Å². The van der Waals surface area contributed by atoms with Crippen LogP contribution in [0.1, 0.15) is 44.9 Å². The fraction of sp³-hybridized carbons (Fsp3) is 0.600.